The molecule has 0 unspecified atom stereocenters. The number of halogens is 3. The van der Waals surface area contributed by atoms with Gasteiger partial charge in [0.1, 0.15) is 18.3 Å². The van der Waals surface area contributed by atoms with Crippen molar-refractivity contribution in [2.45, 2.75) is 50.6 Å². The van der Waals surface area contributed by atoms with Crippen LogP contribution in [0.2, 0.25) is 0 Å². The van der Waals surface area contributed by atoms with Gasteiger partial charge in [-0.15, -0.1) is 13.2 Å². The molecule has 1 aliphatic heterocycles. The fourth-order valence-electron chi connectivity index (χ4n) is 4.50. The SMILES string of the molecule is NC(=O)c1cc(-c2ccccc2)nn1[C@@H](CC1CC1)C(=O)N[C@@H](C[C@@H]1CCNC1=O)C(=O)COC(F)(F)F. The van der Waals surface area contributed by atoms with E-state index in [0.717, 1.165) is 12.8 Å². The van der Waals surface area contributed by atoms with Gasteiger partial charge in [0.05, 0.1) is 11.7 Å². The Kier molecular flexibility index (Phi) is 8.14. The number of benzene rings is 1. The van der Waals surface area contributed by atoms with E-state index in [-0.39, 0.29) is 30.4 Å². The van der Waals surface area contributed by atoms with Crippen LogP contribution in [0.1, 0.15) is 48.6 Å². The number of nitrogens with two attached hydrogens (primary N) is 1. The van der Waals surface area contributed by atoms with Crippen molar-refractivity contribution in [2.75, 3.05) is 13.2 Å². The molecule has 13 heteroatoms. The summed E-state index contributed by atoms with van der Waals surface area (Å²) in [6, 6.07) is 7.91. The van der Waals surface area contributed by atoms with Gasteiger partial charge in [-0.05, 0) is 31.2 Å². The lowest BCUT2D eigenvalue weighted by molar-refractivity contribution is -0.321. The second-order valence-electron chi connectivity index (χ2n) is 9.56. The van der Waals surface area contributed by atoms with Gasteiger partial charge in [-0.2, -0.15) is 5.10 Å². The zero-order valence-electron chi connectivity index (χ0n) is 20.4. The molecule has 38 heavy (non-hydrogen) atoms. The number of ether oxygens (including phenoxy) is 1. The van der Waals surface area contributed by atoms with Crippen LogP contribution in [0.4, 0.5) is 13.2 Å². The van der Waals surface area contributed by atoms with E-state index in [9.17, 15) is 32.3 Å². The summed E-state index contributed by atoms with van der Waals surface area (Å²) < 4.78 is 42.7. The number of carbonyl (C=O) groups excluding carboxylic acids is 4. The summed E-state index contributed by atoms with van der Waals surface area (Å²) in [5.74, 6) is -3.40. The molecule has 0 bridgehead atoms. The lowest BCUT2D eigenvalue weighted by atomic mass is 9.95. The molecule has 1 aliphatic carbocycles. The van der Waals surface area contributed by atoms with Gasteiger partial charge in [0.25, 0.3) is 5.91 Å². The highest BCUT2D eigenvalue weighted by Gasteiger charge is 2.38. The van der Waals surface area contributed by atoms with Gasteiger partial charge in [0.2, 0.25) is 11.8 Å². The number of hydrogen-bond donors (Lipinski definition) is 3. The molecule has 3 atom stereocenters. The number of carbonyl (C=O) groups is 4. The summed E-state index contributed by atoms with van der Waals surface area (Å²) in [5.41, 5.74) is 6.65. The molecular formula is C25H28F3N5O5. The number of ketones is 1. The molecule has 1 aromatic heterocycles. The molecule has 204 valence electrons. The van der Waals surface area contributed by atoms with Crippen LogP contribution in [-0.2, 0) is 19.1 Å². The summed E-state index contributed by atoms with van der Waals surface area (Å²) in [6.45, 7) is -0.957. The molecule has 1 aromatic carbocycles. The van der Waals surface area contributed by atoms with Gasteiger partial charge in [-0.3, -0.25) is 23.9 Å². The van der Waals surface area contributed by atoms with Gasteiger partial charge in [-0.1, -0.05) is 43.2 Å². The smallest absolute Gasteiger partial charge is 0.364 e. The van der Waals surface area contributed by atoms with Crippen LogP contribution in [0.5, 0.6) is 0 Å². The highest BCUT2D eigenvalue weighted by Crippen LogP contribution is 2.38. The Balaban J connectivity index is 1.61. The predicted molar refractivity (Wildman–Crippen MR) is 127 cm³/mol. The van der Waals surface area contributed by atoms with Crippen LogP contribution in [0.15, 0.2) is 36.4 Å². The van der Waals surface area contributed by atoms with E-state index in [1.807, 2.05) is 6.07 Å². The fourth-order valence-corrected chi connectivity index (χ4v) is 4.50. The molecule has 2 fully saturated rings. The lowest BCUT2D eigenvalue weighted by Crippen LogP contribution is -2.48. The third-order valence-corrected chi connectivity index (χ3v) is 6.68. The van der Waals surface area contributed by atoms with E-state index < -0.39 is 48.6 Å². The second-order valence-corrected chi connectivity index (χ2v) is 9.56. The average Bonchev–Trinajstić information content (AvgIpc) is 3.44. The molecule has 4 N–H and O–H groups in total. The van der Waals surface area contributed by atoms with Gasteiger partial charge in [0, 0.05) is 18.0 Å². The number of alkyl halides is 3. The highest BCUT2D eigenvalue weighted by molar-refractivity contribution is 5.95. The molecule has 2 aliphatic rings. The lowest BCUT2D eigenvalue weighted by Gasteiger charge is -2.24. The molecule has 1 saturated heterocycles. The van der Waals surface area contributed by atoms with Crippen molar-refractivity contribution in [3.05, 3.63) is 42.1 Å². The number of rotatable bonds is 12. The first-order valence-corrected chi connectivity index (χ1v) is 12.3. The van der Waals surface area contributed by atoms with Gasteiger partial charge in [-0.25, -0.2) is 4.68 Å². The first-order valence-electron chi connectivity index (χ1n) is 12.3. The van der Waals surface area contributed by atoms with E-state index >= 15 is 0 Å². The topological polar surface area (TPSA) is 145 Å². The number of nitrogens with one attached hydrogen (secondary N) is 2. The van der Waals surface area contributed by atoms with Crippen LogP contribution in [0, 0.1) is 11.8 Å². The Bertz CT molecular complexity index is 1200. The van der Waals surface area contributed by atoms with Gasteiger partial charge >= 0.3 is 6.36 Å². The minimum absolute atomic E-state index is 0.0249. The van der Waals surface area contributed by atoms with Gasteiger partial charge < -0.3 is 16.4 Å². The van der Waals surface area contributed by atoms with E-state index in [2.05, 4.69) is 20.5 Å². The summed E-state index contributed by atoms with van der Waals surface area (Å²) >= 11 is 0. The molecule has 3 amide bonds. The van der Waals surface area contributed by atoms with Crippen LogP contribution in [-0.4, -0.2) is 58.8 Å². The van der Waals surface area contributed by atoms with E-state index in [4.69, 9.17) is 5.73 Å². The molecule has 4 rings (SSSR count). The van der Waals surface area contributed by atoms with Crippen molar-refractivity contribution in [3.63, 3.8) is 0 Å². The van der Waals surface area contributed by atoms with E-state index in [1.54, 1.807) is 24.3 Å². The monoisotopic (exact) mass is 535 g/mol. The minimum Gasteiger partial charge on any atom is -0.364 e. The zero-order valence-corrected chi connectivity index (χ0v) is 20.4. The number of amides is 3. The van der Waals surface area contributed by atoms with Crippen LogP contribution in [0.25, 0.3) is 11.3 Å². The number of primary amides is 1. The Morgan fingerprint density at radius 1 is 1.16 bits per heavy atom. The van der Waals surface area contributed by atoms with Gasteiger partial charge in [0.15, 0.2) is 5.78 Å². The summed E-state index contributed by atoms with van der Waals surface area (Å²) in [6.07, 6.45) is -2.87. The van der Waals surface area contributed by atoms with Crippen molar-refractivity contribution in [2.24, 2.45) is 17.6 Å². The molecule has 2 aromatic rings. The number of hydrogen-bond acceptors (Lipinski definition) is 6. The van der Waals surface area contributed by atoms with Crippen LogP contribution >= 0.6 is 0 Å². The van der Waals surface area contributed by atoms with Crippen molar-refractivity contribution in [3.8, 4) is 11.3 Å². The highest BCUT2D eigenvalue weighted by atomic mass is 19.4. The molecule has 0 radical (unpaired) electrons. The number of aromatic nitrogens is 2. The standard InChI is InChI=1S/C25H28F3N5O5/c26-25(27,28)38-13-21(34)18(11-16-8-9-30-23(16)36)31-24(37)20(10-14-6-7-14)33-19(22(29)35)12-17(32-33)15-4-2-1-3-5-15/h1-5,12,14,16,18,20H,6-11,13H2,(H2,29,35)(H,30,36)(H,31,37)/t16-,18-,20-/m0/s1. The quantitative estimate of drug-likeness (QED) is 0.380. The van der Waals surface area contributed by atoms with E-state index in [0.29, 0.717) is 24.2 Å². The van der Waals surface area contributed by atoms with Crippen molar-refractivity contribution in [1.82, 2.24) is 20.4 Å². The summed E-state index contributed by atoms with van der Waals surface area (Å²) in [5, 5.41) is 9.60. The Morgan fingerprint density at radius 2 is 1.87 bits per heavy atom. The normalized spacial score (nSPS) is 19.0. The maximum absolute atomic E-state index is 13.6. The third kappa shape index (κ3) is 6.97. The largest absolute Gasteiger partial charge is 0.522 e. The average molecular weight is 536 g/mol. The molecular weight excluding hydrogens is 507 g/mol. The summed E-state index contributed by atoms with van der Waals surface area (Å²) in [7, 11) is 0. The van der Waals surface area contributed by atoms with Crippen molar-refractivity contribution in [1.29, 1.82) is 0 Å². The van der Waals surface area contributed by atoms with E-state index in [1.165, 1.54) is 10.7 Å². The zero-order chi connectivity index (χ0) is 27.4. The third-order valence-electron chi connectivity index (χ3n) is 6.68. The number of Topliss-reactive ketones (excluding diaryl/α,β-unsaturated/α-hetero) is 1. The first kappa shape index (κ1) is 27.3. The second kappa shape index (κ2) is 11.3. The molecule has 1 saturated carbocycles. The van der Waals surface area contributed by atoms with Crippen molar-refractivity contribution >= 4 is 23.5 Å². The molecule has 10 nitrogen and oxygen atoms in total. The predicted octanol–water partition coefficient (Wildman–Crippen LogP) is 2.11. The fraction of sp³-hybridized carbons (Fsp3) is 0.480. The maximum Gasteiger partial charge on any atom is 0.522 e. The summed E-state index contributed by atoms with van der Waals surface area (Å²) in [4.78, 5) is 50.6. The first-order chi connectivity index (χ1) is 18.0. The Labute approximate surface area is 216 Å². The Hall–Kier alpha value is -3.74. The molecule has 2 heterocycles. The number of nitrogens with zero attached hydrogens (tertiary/aromatic N) is 2. The minimum atomic E-state index is -5.04. The van der Waals surface area contributed by atoms with Crippen LogP contribution < -0.4 is 16.4 Å². The van der Waals surface area contributed by atoms with Crippen LogP contribution in [0.3, 0.4) is 0 Å². The Morgan fingerprint density at radius 3 is 2.45 bits per heavy atom. The molecule has 0 spiro atoms. The maximum atomic E-state index is 13.6. The van der Waals surface area contributed by atoms with Crippen molar-refractivity contribution < 1.29 is 37.1 Å².